The number of anilines is 1. The van der Waals surface area contributed by atoms with E-state index in [1.807, 2.05) is 12.1 Å². The van der Waals surface area contributed by atoms with Crippen LogP contribution in [-0.4, -0.2) is 4.98 Å². The van der Waals surface area contributed by atoms with E-state index in [0.717, 1.165) is 23.6 Å². The zero-order valence-corrected chi connectivity index (χ0v) is 12.3. The van der Waals surface area contributed by atoms with Gasteiger partial charge in [-0.1, -0.05) is 18.2 Å². The van der Waals surface area contributed by atoms with Gasteiger partial charge < -0.3 is 9.73 Å². The van der Waals surface area contributed by atoms with Crippen LogP contribution in [0.3, 0.4) is 0 Å². The molecule has 0 unspecified atom stereocenters. The van der Waals surface area contributed by atoms with Crippen LogP contribution in [0.2, 0.25) is 0 Å². The van der Waals surface area contributed by atoms with Gasteiger partial charge in [-0.2, -0.15) is 0 Å². The zero-order valence-electron chi connectivity index (χ0n) is 12.3. The highest BCUT2D eigenvalue weighted by Crippen LogP contribution is 2.21. The molecule has 0 fully saturated rings. The second-order valence-electron chi connectivity index (χ2n) is 5.16. The van der Waals surface area contributed by atoms with E-state index in [9.17, 15) is 0 Å². The molecule has 0 aliphatic heterocycles. The van der Waals surface area contributed by atoms with E-state index >= 15 is 0 Å². The van der Waals surface area contributed by atoms with Crippen LogP contribution in [-0.2, 0) is 6.54 Å². The van der Waals surface area contributed by atoms with Crippen molar-refractivity contribution in [1.29, 1.82) is 0 Å². The molecule has 0 saturated heterocycles. The normalized spacial score (nSPS) is 10.6. The number of hydrogen-bond donors (Lipinski definition) is 1. The quantitative estimate of drug-likeness (QED) is 0.759. The van der Waals surface area contributed by atoms with Gasteiger partial charge in [-0.05, 0) is 54.8 Å². The molecule has 0 spiro atoms. The second-order valence-corrected chi connectivity index (χ2v) is 5.16. The summed E-state index contributed by atoms with van der Waals surface area (Å²) in [7, 11) is 0. The number of benzene rings is 2. The Kier molecular flexibility index (Phi) is 3.73. The van der Waals surface area contributed by atoms with Gasteiger partial charge in [0.25, 0.3) is 0 Å². The summed E-state index contributed by atoms with van der Waals surface area (Å²) in [4.78, 5) is 3.93. The lowest BCUT2D eigenvalue weighted by Crippen LogP contribution is -2.02. The molecule has 0 aliphatic carbocycles. The van der Waals surface area contributed by atoms with Gasteiger partial charge in [0.1, 0.15) is 0 Å². The maximum atomic E-state index is 5.29. The summed E-state index contributed by atoms with van der Waals surface area (Å²) in [6, 6.07) is 14.6. The van der Waals surface area contributed by atoms with Crippen LogP contribution < -0.4 is 5.32 Å². The number of nitrogens with zero attached hydrogens (tertiary/aromatic N) is 1. The van der Waals surface area contributed by atoms with Crippen LogP contribution in [0.25, 0.3) is 11.3 Å². The van der Waals surface area contributed by atoms with E-state index in [0.29, 0.717) is 0 Å². The summed E-state index contributed by atoms with van der Waals surface area (Å²) in [6.45, 7) is 5.14. The Hall–Kier alpha value is -2.55. The van der Waals surface area contributed by atoms with E-state index < -0.39 is 0 Å². The van der Waals surface area contributed by atoms with Gasteiger partial charge in [0, 0.05) is 17.8 Å². The summed E-state index contributed by atoms with van der Waals surface area (Å²) in [5.41, 5.74) is 6.14. The molecule has 3 rings (SSSR count). The van der Waals surface area contributed by atoms with E-state index in [-0.39, 0.29) is 0 Å². The molecule has 3 nitrogen and oxygen atoms in total. The Morgan fingerprint density at radius 3 is 2.57 bits per heavy atom. The van der Waals surface area contributed by atoms with E-state index in [1.54, 1.807) is 6.20 Å². The molecule has 21 heavy (non-hydrogen) atoms. The van der Waals surface area contributed by atoms with Crippen LogP contribution in [0.1, 0.15) is 16.7 Å². The average molecular weight is 278 g/mol. The first-order chi connectivity index (χ1) is 10.2. The minimum atomic E-state index is 0.788. The van der Waals surface area contributed by atoms with Gasteiger partial charge in [-0.15, -0.1) is 0 Å². The zero-order chi connectivity index (χ0) is 14.7. The highest BCUT2D eigenvalue weighted by atomic mass is 16.3. The van der Waals surface area contributed by atoms with Gasteiger partial charge >= 0.3 is 0 Å². The highest BCUT2D eigenvalue weighted by Gasteiger charge is 2.03. The third-order valence-electron chi connectivity index (χ3n) is 3.80. The summed E-state index contributed by atoms with van der Waals surface area (Å²) in [6.07, 6.45) is 3.17. The molecule has 0 radical (unpaired) electrons. The molecule has 0 atom stereocenters. The summed E-state index contributed by atoms with van der Waals surface area (Å²) in [5.74, 6) is 0.788. The third-order valence-corrected chi connectivity index (χ3v) is 3.80. The van der Waals surface area contributed by atoms with Gasteiger partial charge in [-0.25, -0.2) is 4.98 Å². The SMILES string of the molecule is Cc1cccc(CNc2ccc(-c3cnco3)cc2)c1C. The van der Waals surface area contributed by atoms with Gasteiger partial charge in [0.05, 0.1) is 6.20 Å². The number of hydrogen-bond acceptors (Lipinski definition) is 3. The molecule has 3 aromatic rings. The van der Waals surface area contributed by atoms with E-state index in [2.05, 4.69) is 54.5 Å². The molecule has 1 heterocycles. The van der Waals surface area contributed by atoms with Crippen molar-refractivity contribution in [1.82, 2.24) is 4.98 Å². The van der Waals surface area contributed by atoms with Crippen molar-refractivity contribution in [3.05, 3.63) is 71.7 Å². The lowest BCUT2D eigenvalue weighted by molar-refractivity contribution is 0.572. The summed E-state index contributed by atoms with van der Waals surface area (Å²) in [5, 5.41) is 3.46. The summed E-state index contributed by atoms with van der Waals surface area (Å²) < 4.78 is 5.29. The maximum Gasteiger partial charge on any atom is 0.181 e. The highest BCUT2D eigenvalue weighted by molar-refractivity contribution is 5.60. The van der Waals surface area contributed by atoms with Crippen molar-refractivity contribution in [2.45, 2.75) is 20.4 Å². The Labute approximate surface area is 124 Å². The molecule has 0 bridgehead atoms. The van der Waals surface area contributed by atoms with E-state index in [4.69, 9.17) is 4.42 Å². The lowest BCUT2D eigenvalue weighted by Gasteiger charge is -2.11. The molecule has 1 N–H and O–H groups in total. The second kappa shape index (κ2) is 5.83. The fraction of sp³-hybridized carbons (Fsp3) is 0.167. The molecule has 0 aliphatic rings. The number of aromatic nitrogens is 1. The summed E-state index contributed by atoms with van der Waals surface area (Å²) >= 11 is 0. The first-order valence-electron chi connectivity index (χ1n) is 7.02. The lowest BCUT2D eigenvalue weighted by atomic mass is 10.0. The van der Waals surface area contributed by atoms with Crippen LogP contribution in [0.5, 0.6) is 0 Å². The van der Waals surface area contributed by atoms with Gasteiger partial charge in [0.15, 0.2) is 12.2 Å². The molecular formula is C18H18N2O. The molecule has 1 aromatic heterocycles. The topological polar surface area (TPSA) is 38.1 Å². The molecular weight excluding hydrogens is 260 g/mol. The minimum absolute atomic E-state index is 0.788. The Balaban J connectivity index is 1.70. The molecule has 0 amide bonds. The van der Waals surface area contributed by atoms with Crippen molar-refractivity contribution in [3.8, 4) is 11.3 Å². The largest absolute Gasteiger partial charge is 0.444 e. The average Bonchev–Trinajstić information content (AvgIpc) is 3.04. The number of rotatable bonds is 4. The van der Waals surface area contributed by atoms with Crippen molar-refractivity contribution >= 4 is 5.69 Å². The minimum Gasteiger partial charge on any atom is -0.444 e. The van der Waals surface area contributed by atoms with Crippen molar-refractivity contribution < 1.29 is 4.42 Å². The Morgan fingerprint density at radius 2 is 1.86 bits per heavy atom. The molecule has 3 heteroatoms. The number of nitrogens with one attached hydrogen (secondary N) is 1. The Morgan fingerprint density at radius 1 is 1.05 bits per heavy atom. The molecule has 0 saturated carbocycles. The third kappa shape index (κ3) is 2.97. The van der Waals surface area contributed by atoms with Crippen LogP contribution in [0.4, 0.5) is 5.69 Å². The first kappa shape index (κ1) is 13.4. The predicted molar refractivity (Wildman–Crippen MR) is 85.2 cm³/mol. The van der Waals surface area contributed by atoms with Crippen LogP contribution in [0.15, 0.2) is 59.5 Å². The molecule has 2 aromatic carbocycles. The van der Waals surface area contributed by atoms with Crippen molar-refractivity contribution in [2.24, 2.45) is 0 Å². The van der Waals surface area contributed by atoms with Gasteiger partial charge in [-0.3, -0.25) is 0 Å². The molecule has 106 valence electrons. The van der Waals surface area contributed by atoms with Crippen LogP contribution >= 0.6 is 0 Å². The van der Waals surface area contributed by atoms with Crippen LogP contribution in [0, 0.1) is 13.8 Å². The standard InChI is InChI=1S/C18H18N2O/c1-13-4-3-5-16(14(13)2)10-20-17-8-6-15(7-9-17)18-11-19-12-21-18/h3-9,11-12,20H,10H2,1-2H3. The Bertz CT molecular complexity index is 715. The fourth-order valence-electron chi connectivity index (χ4n) is 2.31. The van der Waals surface area contributed by atoms with E-state index in [1.165, 1.54) is 23.1 Å². The van der Waals surface area contributed by atoms with Crippen molar-refractivity contribution in [2.75, 3.05) is 5.32 Å². The monoisotopic (exact) mass is 278 g/mol. The first-order valence-corrected chi connectivity index (χ1v) is 7.02. The number of aryl methyl sites for hydroxylation is 1. The smallest absolute Gasteiger partial charge is 0.181 e. The predicted octanol–water partition coefficient (Wildman–Crippen LogP) is 4.57. The fourth-order valence-corrected chi connectivity index (χ4v) is 2.31. The van der Waals surface area contributed by atoms with Gasteiger partial charge in [0.2, 0.25) is 0 Å². The maximum absolute atomic E-state index is 5.29. The number of oxazole rings is 1. The van der Waals surface area contributed by atoms with Crippen molar-refractivity contribution in [3.63, 3.8) is 0 Å².